The number of rotatable bonds is 3. The zero-order valence-corrected chi connectivity index (χ0v) is 4.52. The van der Waals surface area contributed by atoms with E-state index in [1.54, 1.807) is 6.21 Å². The van der Waals surface area contributed by atoms with Gasteiger partial charge in [0.1, 0.15) is 0 Å². The van der Waals surface area contributed by atoms with Gasteiger partial charge in [-0.15, -0.1) is 0 Å². The molecule has 0 saturated carbocycles. The third kappa shape index (κ3) is 5.43. The molecule has 0 bridgehead atoms. The highest BCUT2D eigenvalue weighted by atomic mass is 15.1. The third-order valence-corrected chi connectivity index (χ3v) is 0.591. The Morgan fingerprint density at radius 2 is 2.57 bits per heavy atom. The molecule has 0 aromatic carbocycles. The molecule has 3 heteroatoms. The van der Waals surface area contributed by atoms with Gasteiger partial charge in [-0.3, -0.25) is 0 Å². The highest BCUT2D eigenvalue weighted by Crippen LogP contribution is 1.49. The molecule has 0 unspecified atom stereocenters. The molecular weight excluding hydrogens is 90.1 g/mol. The number of hydrogen-bond acceptors (Lipinski definition) is 3. The quantitative estimate of drug-likeness (QED) is 0.219. The predicted octanol–water partition coefficient (Wildman–Crippen LogP) is -0.460. The minimum atomic E-state index is 0.771. The largest absolute Gasteiger partial charge is 0.324 e. The maximum Gasteiger partial charge on any atom is 0.0378 e. The Labute approximate surface area is 43.6 Å². The summed E-state index contributed by atoms with van der Waals surface area (Å²) < 4.78 is 0. The number of hydrogen-bond donors (Lipinski definition) is 2. The van der Waals surface area contributed by atoms with Crippen LogP contribution in [-0.4, -0.2) is 19.3 Å². The summed E-state index contributed by atoms with van der Waals surface area (Å²) in [4.78, 5) is 0. The van der Waals surface area contributed by atoms with E-state index in [-0.39, 0.29) is 0 Å². The van der Waals surface area contributed by atoms with Crippen molar-refractivity contribution < 1.29 is 0 Å². The van der Waals surface area contributed by atoms with Crippen LogP contribution in [0.15, 0.2) is 5.10 Å². The molecule has 0 rings (SSSR count). The van der Waals surface area contributed by atoms with Crippen LogP contribution in [-0.2, 0) is 0 Å². The van der Waals surface area contributed by atoms with Crippen molar-refractivity contribution in [1.82, 2.24) is 5.32 Å². The molecule has 0 aliphatic heterocycles. The lowest BCUT2D eigenvalue weighted by Gasteiger charge is -1.88. The fourth-order valence-corrected chi connectivity index (χ4v) is 0.262. The molecule has 0 heterocycles. The van der Waals surface area contributed by atoms with Gasteiger partial charge in [0.15, 0.2) is 0 Å². The number of nitrogens with zero attached hydrogens (tertiary/aromatic N) is 1. The first-order valence-electron chi connectivity index (χ1n) is 2.34. The van der Waals surface area contributed by atoms with Crippen LogP contribution in [0, 0.1) is 0 Å². The fraction of sp³-hybridized carbons (Fsp3) is 0.750. The molecule has 0 atom stereocenters. The molecule has 3 nitrogen and oxygen atoms in total. The van der Waals surface area contributed by atoms with Gasteiger partial charge in [-0.2, -0.15) is 5.10 Å². The molecule has 0 radical (unpaired) electrons. The van der Waals surface area contributed by atoms with Gasteiger partial charge < -0.3 is 11.2 Å². The minimum Gasteiger partial charge on any atom is -0.324 e. The van der Waals surface area contributed by atoms with Crippen molar-refractivity contribution in [3.63, 3.8) is 0 Å². The number of nitrogens with two attached hydrogens (primary N) is 1. The van der Waals surface area contributed by atoms with Crippen LogP contribution in [0.5, 0.6) is 0 Å². The lowest BCUT2D eigenvalue weighted by atomic mass is 10.6. The summed E-state index contributed by atoms with van der Waals surface area (Å²) in [6.07, 6.45) is 1.63. The van der Waals surface area contributed by atoms with Crippen molar-refractivity contribution in [1.29, 1.82) is 0 Å². The normalized spacial score (nSPS) is 10.4. The van der Waals surface area contributed by atoms with E-state index in [1.165, 1.54) is 0 Å². The zero-order valence-electron chi connectivity index (χ0n) is 4.52. The molecule has 7 heavy (non-hydrogen) atoms. The van der Waals surface area contributed by atoms with Crippen LogP contribution in [0.1, 0.15) is 6.92 Å². The molecule has 0 aliphatic rings. The zero-order chi connectivity index (χ0) is 5.54. The van der Waals surface area contributed by atoms with Gasteiger partial charge in [0.25, 0.3) is 0 Å². The second-order valence-corrected chi connectivity index (χ2v) is 1.14. The van der Waals surface area contributed by atoms with Crippen molar-refractivity contribution in [2.75, 3.05) is 13.1 Å². The van der Waals surface area contributed by atoms with Gasteiger partial charge in [-0.1, -0.05) is 6.92 Å². The van der Waals surface area contributed by atoms with Crippen molar-refractivity contribution in [2.24, 2.45) is 10.9 Å². The van der Waals surface area contributed by atoms with E-state index in [0.717, 1.165) is 13.1 Å². The summed E-state index contributed by atoms with van der Waals surface area (Å²) in [6, 6.07) is 0. The smallest absolute Gasteiger partial charge is 0.0378 e. The third-order valence-electron chi connectivity index (χ3n) is 0.591. The Bertz CT molecular complexity index is 50.9. The molecule has 0 spiro atoms. The minimum absolute atomic E-state index is 0.771. The van der Waals surface area contributed by atoms with Crippen molar-refractivity contribution in [3.05, 3.63) is 0 Å². The first kappa shape index (κ1) is 6.43. The number of hydrazone groups is 1. The van der Waals surface area contributed by atoms with Crippen LogP contribution >= 0.6 is 0 Å². The maximum absolute atomic E-state index is 4.80. The second kappa shape index (κ2) is 5.43. The molecule has 0 saturated heterocycles. The molecule has 0 fully saturated rings. The Hall–Kier alpha value is -0.570. The van der Waals surface area contributed by atoms with E-state index < -0.39 is 0 Å². The first-order valence-corrected chi connectivity index (χ1v) is 2.34. The number of nitrogens with one attached hydrogen (secondary N) is 1. The van der Waals surface area contributed by atoms with Gasteiger partial charge in [0.2, 0.25) is 0 Å². The van der Waals surface area contributed by atoms with Gasteiger partial charge in [0, 0.05) is 12.8 Å². The Kier molecular flexibility index (Phi) is 4.99. The standard InChI is InChI=1S/C4H11N3/c1-2-6-3-4-7-5/h4,6H,2-3,5H2,1H3/b7-4-. The average molecular weight is 101 g/mol. The summed E-state index contributed by atoms with van der Waals surface area (Å²) in [7, 11) is 0. The Morgan fingerprint density at radius 3 is 3.00 bits per heavy atom. The molecule has 0 aromatic rings. The molecule has 3 N–H and O–H groups in total. The van der Waals surface area contributed by atoms with Crippen molar-refractivity contribution in [3.8, 4) is 0 Å². The molecule has 0 amide bonds. The van der Waals surface area contributed by atoms with E-state index >= 15 is 0 Å². The van der Waals surface area contributed by atoms with E-state index in [2.05, 4.69) is 10.4 Å². The molecule has 0 aromatic heterocycles. The van der Waals surface area contributed by atoms with Gasteiger partial charge >= 0.3 is 0 Å². The average Bonchev–Trinajstić information content (AvgIpc) is 1.69. The van der Waals surface area contributed by atoms with E-state index in [0.29, 0.717) is 0 Å². The summed E-state index contributed by atoms with van der Waals surface area (Å²) in [5.41, 5.74) is 0. The second-order valence-electron chi connectivity index (χ2n) is 1.14. The van der Waals surface area contributed by atoms with Gasteiger partial charge in [-0.05, 0) is 6.54 Å². The van der Waals surface area contributed by atoms with E-state index in [4.69, 9.17) is 5.84 Å². The monoisotopic (exact) mass is 101 g/mol. The van der Waals surface area contributed by atoms with Gasteiger partial charge in [-0.25, -0.2) is 0 Å². The summed E-state index contributed by atoms with van der Waals surface area (Å²) >= 11 is 0. The van der Waals surface area contributed by atoms with Crippen LogP contribution in [0.4, 0.5) is 0 Å². The van der Waals surface area contributed by atoms with Crippen LogP contribution in [0.2, 0.25) is 0 Å². The van der Waals surface area contributed by atoms with Crippen molar-refractivity contribution >= 4 is 6.21 Å². The molecule has 42 valence electrons. The Morgan fingerprint density at radius 1 is 1.86 bits per heavy atom. The summed E-state index contributed by atoms with van der Waals surface area (Å²) in [6.45, 7) is 3.77. The van der Waals surface area contributed by atoms with Crippen LogP contribution in [0.3, 0.4) is 0 Å². The predicted molar refractivity (Wildman–Crippen MR) is 31.2 cm³/mol. The topological polar surface area (TPSA) is 50.4 Å². The Balaban J connectivity index is 2.69. The first-order chi connectivity index (χ1) is 3.41. The maximum atomic E-state index is 4.80. The van der Waals surface area contributed by atoms with Crippen molar-refractivity contribution in [2.45, 2.75) is 6.92 Å². The van der Waals surface area contributed by atoms with Crippen LogP contribution < -0.4 is 11.2 Å². The SMILES string of the molecule is CCNC/C=N\N. The van der Waals surface area contributed by atoms with Crippen LogP contribution in [0.25, 0.3) is 0 Å². The summed E-state index contributed by atoms with van der Waals surface area (Å²) in [5, 5.41) is 6.31. The fourth-order valence-electron chi connectivity index (χ4n) is 0.262. The lowest BCUT2D eigenvalue weighted by Crippen LogP contribution is -2.15. The molecular formula is C4H11N3. The van der Waals surface area contributed by atoms with E-state index in [9.17, 15) is 0 Å². The lowest BCUT2D eigenvalue weighted by molar-refractivity contribution is 0.822. The molecule has 0 aliphatic carbocycles. The van der Waals surface area contributed by atoms with Gasteiger partial charge in [0.05, 0.1) is 0 Å². The summed E-state index contributed by atoms with van der Waals surface area (Å²) in [5.74, 6) is 4.80. The highest BCUT2D eigenvalue weighted by Gasteiger charge is 1.70. The highest BCUT2D eigenvalue weighted by molar-refractivity contribution is 5.58. The van der Waals surface area contributed by atoms with E-state index in [1.807, 2.05) is 6.92 Å².